The highest BCUT2D eigenvalue weighted by Gasteiger charge is 2.29. The molecule has 1 unspecified atom stereocenters. The van der Waals surface area contributed by atoms with Crippen molar-refractivity contribution >= 4 is 28.3 Å². The summed E-state index contributed by atoms with van der Waals surface area (Å²) in [5.41, 5.74) is 1.80. The summed E-state index contributed by atoms with van der Waals surface area (Å²) in [6.45, 7) is 5.30. The maximum atomic E-state index is 12.7. The Balaban J connectivity index is 1.55. The first-order valence-electron chi connectivity index (χ1n) is 10.1. The molecule has 1 aliphatic heterocycles. The molecule has 3 rings (SSSR count). The Morgan fingerprint density at radius 1 is 1.21 bits per heavy atom. The third kappa shape index (κ3) is 5.38. The molecule has 1 atom stereocenters. The van der Waals surface area contributed by atoms with E-state index in [1.807, 2.05) is 31.2 Å². The highest BCUT2D eigenvalue weighted by molar-refractivity contribution is 7.15. The van der Waals surface area contributed by atoms with Crippen LogP contribution in [0.2, 0.25) is 0 Å². The van der Waals surface area contributed by atoms with Crippen LogP contribution in [-0.2, 0) is 11.2 Å². The molecule has 2 heterocycles. The largest absolute Gasteiger partial charge is 0.338 e. The summed E-state index contributed by atoms with van der Waals surface area (Å²) in [5, 5.41) is 12.7. The third-order valence-corrected chi connectivity index (χ3v) is 5.97. The number of carbonyl (C=O) groups is 2. The maximum Gasteiger partial charge on any atom is 0.253 e. The van der Waals surface area contributed by atoms with Crippen LogP contribution in [0.25, 0.3) is 0 Å². The highest BCUT2D eigenvalue weighted by Crippen LogP contribution is 2.23. The zero-order valence-corrected chi connectivity index (χ0v) is 17.4. The van der Waals surface area contributed by atoms with Crippen molar-refractivity contribution in [1.82, 2.24) is 15.1 Å². The molecule has 1 fully saturated rings. The fourth-order valence-corrected chi connectivity index (χ4v) is 4.18. The fraction of sp³-hybridized carbons (Fsp3) is 0.524. The first-order chi connectivity index (χ1) is 13.6. The number of hydrogen-bond donors (Lipinski definition) is 1. The average molecular weight is 401 g/mol. The predicted molar refractivity (Wildman–Crippen MR) is 112 cm³/mol. The number of carbonyl (C=O) groups excluding carboxylic acids is 2. The first kappa shape index (κ1) is 20.5. The number of aromatic nitrogens is 2. The van der Waals surface area contributed by atoms with Crippen LogP contribution in [-0.4, -0.2) is 40.0 Å². The molecule has 2 aromatic rings. The molecular formula is C21H28N4O2S. The second-order valence-electron chi connectivity index (χ2n) is 7.40. The molecule has 1 aromatic heterocycles. The van der Waals surface area contributed by atoms with Crippen molar-refractivity contribution in [3.05, 3.63) is 40.4 Å². The molecule has 1 saturated heterocycles. The standard InChI is InChI=1S/C21H28N4O2S/c1-3-4-5-8-18-23-24-21(28-18)22-19(26)17-7-6-13-25(14-17)20(27)16-11-9-15(2)10-12-16/h9-12,17H,3-8,13-14H2,1-2H3,(H,22,24,26). The fourth-order valence-electron chi connectivity index (χ4n) is 3.39. The monoisotopic (exact) mass is 400 g/mol. The van der Waals surface area contributed by atoms with Crippen LogP contribution in [0.15, 0.2) is 24.3 Å². The van der Waals surface area contributed by atoms with Gasteiger partial charge in [-0.15, -0.1) is 10.2 Å². The Labute approximate surface area is 170 Å². The van der Waals surface area contributed by atoms with Crippen LogP contribution in [0.3, 0.4) is 0 Å². The Morgan fingerprint density at radius 3 is 2.75 bits per heavy atom. The lowest BCUT2D eigenvalue weighted by molar-refractivity contribution is -0.121. The van der Waals surface area contributed by atoms with Gasteiger partial charge in [0.05, 0.1) is 5.92 Å². The maximum absolute atomic E-state index is 12.7. The number of amides is 2. The second kappa shape index (κ2) is 9.78. The van der Waals surface area contributed by atoms with Crippen molar-refractivity contribution in [1.29, 1.82) is 0 Å². The lowest BCUT2D eigenvalue weighted by Crippen LogP contribution is -2.43. The van der Waals surface area contributed by atoms with Crippen molar-refractivity contribution in [2.45, 2.75) is 52.4 Å². The number of aryl methyl sites for hydroxylation is 2. The molecule has 6 nitrogen and oxygen atoms in total. The van der Waals surface area contributed by atoms with Crippen molar-refractivity contribution < 1.29 is 9.59 Å². The van der Waals surface area contributed by atoms with E-state index in [2.05, 4.69) is 22.4 Å². The lowest BCUT2D eigenvalue weighted by Gasteiger charge is -2.32. The van der Waals surface area contributed by atoms with E-state index in [9.17, 15) is 9.59 Å². The molecule has 28 heavy (non-hydrogen) atoms. The third-order valence-electron chi connectivity index (χ3n) is 5.07. The number of unbranched alkanes of at least 4 members (excludes halogenated alkanes) is 2. The summed E-state index contributed by atoms with van der Waals surface area (Å²) in [4.78, 5) is 27.2. The van der Waals surface area contributed by atoms with Crippen LogP contribution >= 0.6 is 11.3 Å². The summed E-state index contributed by atoms with van der Waals surface area (Å²) in [5.74, 6) is -0.292. The Hall–Kier alpha value is -2.28. The molecule has 1 N–H and O–H groups in total. The first-order valence-corrected chi connectivity index (χ1v) is 10.9. The number of nitrogens with one attached hydrogen (secondary N) is 1. The summed E-state index contributed by atoms with van der Waals surface area (Å²) < 4.78 is 0. The molecule has 1 aliphatic rings. The summed E-state index contributed by atoms with van der Waals surface area (Å²) in [7, 11) is 0. The molecule has 150 valence electrons. The van der Waals surface area contributed by atoms with Crippen molar-refractivity contribution in [2.24, 2.45) is 5.92 Å². The minimum Gasteiger partial charge on any atom is -0.338 e. The SMILES string of the molecule is CCCCCc1nnc(NC(=O)C2CCCN(C(=O)c3ccc(C)cc3)C2)s1. The van der Waals surface area contributed by atoms with Gasteiger partial charge in [0.2, 0.25) is 11.0 Å². The molecule has 2 amide bonds. The smallest absolute Gasteiger partial charge is 0.253 e. The average Bonchev–Trinajstić information content (AvgIpc) is 3.15. The van der Waals surface area contributed by atoms with Gasteiger partial charge in [-0.2, -0.15) is 0 Å². The molecule has 7 heteroatoms. The molecule has 0 saturated carbocycles. The Morgan fingerprint density at radius 2 is 2.00 bits per heavy atom. The molecular weight excluding hydrogens is 372 g/mol. The van der Waals surface area contributed by atoms with Gasteiger partial charge in [0.15, 0.2) is 0 Å². The normalized spacial score (nSPS) is 16.8. The Bertz CT molecular complexity index is 803. The van der Waals surface area contributed by atoms with E-state index >= 15 is 0 Å². The van der Waals surface area contributed by atoms with Gasteiger partial charge in [-0.1, -0.05) is 48.8 Å². The van der Waals surface area contributed by atoms with Gasteiger partial charge in [-0.3, -0.25) is 9.59 Å². The lowest BCUT2D eigenvalue weighted by atomic mass is 9.96. The predicted octanol–water partition coefficient (Wildman–Crippen LogP) is 4.07. The molecule has 0 spiro atoms. The van der Waals surface area contributed by atoms with Gasteiger partial charge in [0.25, 0.3) is 5.91 Å². The van der Waals surface area contributed by atoms with E-state index in [4.69, 9.17) is 0 Å². The van der Waals surface area contributed by atoms with E-state index in [1.54, 1.807) is 4.90 Å². The van der Waals surface area contributed by atoms with E-state index in [-0.39, 0.29) is 17.7 Å². The van der Waals surface area contributed by atoms with Gasteiger partial charge in [0, 0.05) is 25.1 Å². The summed E-state index contributed by atoms with van der Waals surface area (Å²) in [6, 6.07) is 7.58. The van der Waals surface area contributed by atoms with Crippen molar-refractivity contribution in [3.63, 3.8) is 0 Å². The van der Waals surface area contributed by atoms with Gasteiger partial charge in [-0.05, 0) is 38.3 Å². The number of benzene rings is 1. The molecule has 1 aromatic carbocycles. The second-order valence-corrected chi connectivity index (χ2v) is 8.47. The van der Waals surface area contributed by atoms with Crippen LogP contribution < -0.4 is 5.32 Å². The molecule has 0 radical (unpaired) electrons. The van der Waals surface area contributed by atoms with Gasteiger partial charge in [0.1, 0.15) is 5.01 Å². The minimum absolute atomic E-state index is 0.00775. The number of piperidine rings is 1. The number of hydrogen-bond acceptors (Lipinski definition) is 5. The topological polar surface area (TPSA) is 75.2 Å². The van der Waals surface area contributed by atoms with Gasteiger partial charge in [-0.25, -0.2) is 0 Å². The van der Waals surface area contributed by atoms with E-state index in [0.29, 0.717) is 23.8 Å². The molecule has 0 bridgehead atoms. The van der Waals surface area contributed by atoms with Gasteiger partial charge < -0.3 is 10.2 Å². The van der Waals surface area contributed by atoms with Crippen LogP contribution in [0.5, 0.6) is 0 Å². The van der Waals surface area contributed by atoms with E-state index in [0.717, 1.165) is 36.3 Å². The quantitative estimate of drug-likeness (QED) is 0.711. The number of rotatable bonds is 7. The van der Waals surface area contributed by atoms with Crippen molar-refractivity contribution in [3.8, 4) is 0 Å². The number of anilines is 1. The van der Waals surface area contributed by atoms with Crippen LogP contribution in [0.4, 0.5) is 5.13 Å². The zero-order valence-electron chi connectivity index (χ0n) is 16.6. The summed E-state index contributed by atoms with van der Waals surface area (Å²) in [6.07, 6.45) is 5.96. The number of nitrogens with zero attached hydrogens (tertiary/aromatic N) is 3. The highest BCUT2D eigenvalue weighted by atomic mass is 32.1. The van der Waals surface area contributed by atoms with Gasteiger partial charge >= 0.3 is 0 Å². The molecule has 0 aliphatic carbocycles. The van der Waals surface area contributed by atoms with E-state index in [1.165, 1.54) is 24.2 Å². The Kier molecular flexibility index (Phi) is 7.14. The zero-order chi connectivity index (χ0) is 19.9. The van der Waals surface area contributed by atoms with Crippen LogP contribution in [0.1, 0.15) is 60.0 Å². The summed E-state index contributed by atoms with van der Waals surface area (Å²) >= 11 is 1.45. The van der Waals surface area contributed by atoms with Crippen LogP contribution in [0, 0.1) is 12.8 Å². The minimum atomic E-state index is -0.212. The number of likely N-dealkylation sites (tertiary alicyclic amines) is 1. The van der Waals surface area contributed by atoms with Crippen molar-refractivity contribution in [2.75, 3.05) is 18.4 Å². The van der Waals surface area contributed by atoms with E-state index < -0.39 is 0 Å².